The Labute approximate surface area is 123 Å². The molecule has 3 rings (SSSR count). The van der Waals surface area contributed by atoms with E-state index in [0.29, 0.717) is 18.6 Å². The highest BCUT2D eigenvalue weighted by atomic mass is 19.1. The van der Waals surface area contributed by atoms with E-state index >= 15 is 0 Å². The summed E-state index contributed by atoms with van der Waals surface area (Å²) < 4.78 is 19.5. The summed E-state index contributed by atoms with van der Waals surface area (Å²) in [7, 11) is 0. The number of ether oxygens (including phenoxy) is 1. The molecule has 0 saturated heterocycles. The van der Waals surface area contributed by atoms with Crippen molar-refractivity contribution in [3.05, 3.63) is 70.6 Å². The molecule has 0 fully saturated rings. The van der Waals surface area contributed by atoms with Crippen molar-refractivity contribution in [1.29, 1.82) is 5.26 Å². The van der Waals surface area contributed by atoms with Gasteiger partial charge in [-0.05, 0) is 41.3 Å². The van der Waals surface area contributed by atoms with E-state index in [1.165, 1.54) is 6.08 Å². The highest BCUT2D eigenvalue weighted by molar-refractivity contribution is 5.50. The van der Waals surface area contributed by atoms with Gasteiger partial charge in [-0.25, -0.2) is 4.39 Å². The Morgan fingerprint density at radius 1 is 1.38 bits per heavy atom. The number of benzene rings is 1. The van der Waals surface area contributed by atoms with E-state index in [9.17, 15) is 4.39 Å². The van der Waals surface area contributed by atoms with Crippen molar-refractivity contribution in [1.82, 2.24) is 0 Å². The van der Waals surface area contributed by atoms with Crippen molar-refractivity contribution < 1.29 is 9.13 Å². The molecule has 0 saturated carbocycles. The van der Waals surface area contributed by atoms with Gasteiger partial charge in [-0.3, -0.25) is 0 Å². The summed E-state index contributed by atoms with van der Waals surface area (Å²) in [6, 6.07) is 7.81. The average Bonchev–Trinajstić information content (AvgIpc) is 2.75. The van der Waals surface area contributed by atoms with Crippen molar-refractivity contribution in [2.45, 2.75) is 32.0 Å². The maximum Gasteiger partial charge on any atom is 0.119 e. The number of fused-ring (bicyclic) bond motifs is 1. The first-order valence-electron chi connectivity index (χ1n) is 7.10. The average molecular weight is 281 g/mol. The van der Waals surface area contributed by atoms with Gasteiger partial charge in [0.1, 0.15) is 11.4 Å². The van der Waals surface area contributed by atoms with Crippen molar-refractivity contribution >= 4 is 0 Å². The summed E-state index contributed by atoms with van der Waals surface area (Å²) in [5.74, 6) is -0.148. The van der Waals surface area contributed by atoms with E-state index in [0.717, 1.165) is 23.1 Å². The zero-order valence-corrected chi connectivity index (χ0v) is 11.9. The maximum atomic E-state index is 13.4. The monoisotopic (exact) mass is 281 g/mol. The molecule has 1 aromatic rings. The van der Waals surface area contributed by atoms with Crippen LogP contribution in [0.15, 0.2) is 53.9 Å². The molecular formula is C18H16FNO. The van der Waals surface area contributed by atoms with Crippen LogP contribution in [0.5, 0.6) is 0 Å². The number of nitriles is 1. The molecular weight excluding hydrogens is 265 g/mol. The Morgan fingerprint density at radius 2 is 2.24 bits per heavy atom. The third kappa shape index (κ3) is 2.22. The molecule has 0 aromatic heterocycles. The van der Waals surface area contributed by atoms with E-state index in [-0.39, 0.29) is 5.83 Å². The van der Waals surface area contributed by atoms with Crippen molar-refractivity contribution in [3.8, 4) is 6.07 Å². The first kappa shape index (κ1) is 13.8. The number of nitrogens with zero attached hydrogens (tertiary/aromatic N) is 1. The Kier molecular flexibility index (Phi) is 3.48. The predicted octanol–water partition coefficient (Wildman–Crippen LogP) is 4.43. The molecule has 1 heterocycles. The van der Waals surface area contributed by atoms with Gasteiger partial charge in [0, 0.05) is 6.42 Å². The van der Waals surface area contributed by atoms with Crippen LogP contribution in [0.1, 0.15) is 36.5 Å². The molecule has 0 amide bonds. The second-order valence-corrected chi connectivity index (χ2v) is 5.30. The van der Waals surface area contributed by atoms with E-state index in [1.807, 2.05) is 30.4 Å². The lowest BCUT2D eigenvalue weighted by molar-refractivity contribution is -0.00859. The third-order valence-corrected chi connectivity index (χ3v) is 4.16. The third-order valence-electron chi connectivity index (χ3n) is 4.16. The van der Waals surface area contributed by atoms with Crippen LogP contribution in [-0.2, 0) is 16.9 Å². The van der Waals surface area contributed by atoms with Crippen molar-refractivity contribution in [2.24, 2.45) is 0 Å². The molecule has 21 heavy (non-hydrogen) atoms. The summed E-state index contributed by atoms with van der Waals surface area (Å²) in [6.07, 6.45) is 8.16. The number of hydrogen-bond acceptors (Lipinski definition) is 2. The molecule has 2 aliphatic rings. The van der Waals surface area contributed by atoms with E-state index in [1.54, 1.807) is 6.08 Å². The molecule has 1 atom stereocenters. The Bertz CT molecular complexity index is 708. The largest absolute Gasteiger partial charge is 0.361 e. The SMILES string of the molecule is CCC1(C2=CC=C(F)CC=C2)OCc2cc(C#N)ccc21. The molecule has 106 valence electrons. The van der Waals surface area contributed by atoms with E-state index in [4.69, 9.17) is 10.00 Å². The molecule has 1 aliphatic carbocycles. The number of hydrogen-bond donors (Lipinski definition) is 0. The summed E-state index contributed by atoms with van der Waals surface area (Å²) in [5, 5.41) is 9.01. The van der Waals surface area contributed by atoms with Gasteiger partial charge in [0.15, 0.2) is 0 Å². The lowest BCUT2D eigenvalue weighted by Gasteiger charge is -2.30. The lowest BCUT2D eigenvalue weighted by Crippen LogP contribution is -2.26. The molecule has 0 N–H and O–H groups in total. The normalized spacial score (nSPS) is 23.9. The topological polar surface area (TPSA) is 33.0 Å². The molecule has 0 radical (unpaired) electrons. The zero-order chi connectivity index (χ0) is 14.9. The molecule has 1 unspecified atom stereocenters. The van der Waals surface area contributed by atoms with Crippen molar-refractivity contribution in [2.75, 3.05) is 0 Å². The molecule has 1 aliphatic heterocycles. The highest BCUT2D eigenvalue weighted by Crippen LogP contribution is 2.45. The number of rotatable bonds is 2. The van der Waals surface area contributed by atoms with Crippen molar-refractivity contribution in [3.63, 3.8) is 0 Å². The standard InChI is InChI=1S/C18H16FNO/c1-2-18(15-4-3-5-16(19)8-7-15)17-9-6-13(11-20)10-14(17)12-21-18/h3-4,6-10H,2,5,12H2,1H3. The lowest BCUT2D eigenvalue weighted by atomic mass is 9.82. The number of allylic oxidation sites excluding steroid dienone is 4. The minimum atomic E-state index is -0.541. The minimum absolute atomic E-state index is 0.148. The number of halogens is 1. The van der Waals surface area contributed by atoms with Crippen LogP contribution < -0.4 is 0 Å². The Hall–Kier alpha value is -2.18. The fourth-order valence-corrected chi connectivity index (χ4v) is 3.06. The predicted molar refractivity (Wildman–Crippen MR) is 78.9 cm³/mol. The van der Waals surface area contributed by atoms with Gasteiger partial charge in [-0.2, -0.15) is 5.26 Å². The first-order valence-corrected chi connectivity index (χ1v) is 7.10. The van der Waals surface area contributed by atoms with E-state index < -0.39 is 5.60 Å². The second kappa shape index (κ2) is 5.31. The first-order chi connectivity index (χ1) is 10.2. The van der Waals surface area contributed by atoms with Crippen LogP contribution in [0.4, 0.5) is 4.39 Å². The zero-order valence-electron chi connectivity index (χ0n) is 11.9. The Morgan fingerprint density at radius 3 is 3.00 bits per heavy atom. The highest BCUT2D eigenvalue weighted by Gasteiger charge is 2.41. The van der Waals surface area contributed by atoms with Gasteiger partial charge >= 0.3 is 0 Å². The molecule has 0 bridgehead atoms. The van der Waals surface area contributed by atoms with Gasteiger partial charge in [0.2, 0.25) is 0 Å². The summed E-state index contributed by atoms with van der Waals surface area (Å²) >= 11 is 0. The minimum Gasteiger partial charge on any atom is -0.361 e. The fourth-order valence-electron chi connectivity index (χ4n) is 3.06. The molecule has 1 aromatic carbocycles. The maximum absolute atomic E-state index is 13.4. The quantitative estimate of drug-likeness (QED) is 0.803. The summed E-state index contributed by atoms with van der Waals surface area (Å²) in [6.45, 7) is 2.54. The van der Waals surface area contributed by atoms with Crippen LogP contribution >= 0.6 is 0 Å². The van der Waals surface area contributed by atoms with Crippen LogP contribution in [0.25, 0.3) is 0 Å². The van der Waals surface area contributed by atoms with Gasteiger partial charge in [-0.15, -0.1) is 0 Å². The van der Waals surface area contributed by atoms with E-state index in [2.05, 4.69) is 13.0 Å². The van der Waals surface area contributed by atoms with Gasteiger partial charge < -0.3 is 4.74 Å². The van der Waals surface area contributed by atoms with Gasteiger partial charge in [-0.1, -0.05) is 31.2 Å². The molecule has 2 nitrogen and oxygen atoms in total. The van der Waals surface area contributed by atoms with Crippen LogP contribution in [-0.4, -0.2) is 0 Å². The molecule has 0 spiro atoms. The fraction of sp³-hybridized carbons (Fsp3) is 0.278. The van der Waals surface area contributed by atoms with Gasteiger partial charge in [0.25, 0.3) is 0 Å². The second-order valence-electron chi connectivity index (χ2n) is 5.30. The van der Waals surface area contributed by atoms with Crippen LogP contribution in [0, 0.1) is 11.3 Å². The van der Waals surface area contributed by atoms with Crippen LogP contribution in [0.2, 0.25) is 0 Å². The smallest absolute Gasteiger partial charge is 0.119 e. The molecule has 3 heteroatoms. The summed E-state index contributed by atoms with van der Waals surface area (Å²) in [5.41, 5.74) is 3.18. The summed E-state index contributed by atoms with van der Waals surface area (Å²) in [4.78, 5) is 0. The van der Waals surface area contributed by atoms with Crippen LogP contribution in [0.3, 0.4) is 0 Å². The van der Waals surface area contributed by atoms with Gasteiger partial charge in [0.05, 0.1) is 18.2 Å². The Balaban J connectivity index is 2.11.